The van der Waals surface area contributed by atoms with E-state index in [1.807, 2.05) is 19.1 Å². The summed E-state index contributed by atoms with van der Waals surface area (Å²) in [5.41, 5.74) is 1.65. The van der Waals surface area contributed by atoms with Crippen LogP contribution in [-0.4, -0.2) is 22.8 Å². The third kappa shape index (κ3) is 6.33. The van der Waals surface area contributed by atoms with Crippen molar-refractivity contribution in [2.24, 2.45) is 5.92 Å². The number of aliphatic hydroxyl groups is 1. The first-order chi connectivity index (χ1) is 10.6. The smallest absolute Gasteiger partial charge is 0.130 e. The minimum atomic E-state index is -0.527. The molecule has 0 bridgehead atoms. The highest BCUT2D eigenvalue weighted by molar-refractivity contribution is 5.36. The number of aliphatic hydroxyl groups excluding tert-OH is 1. The Hall–Kier alpha value is -0.770. The van der Waals surface area contributed by atoms with Crippen LogP contribution in [0.25, 0.3) is 0 Å². The zero-order valence-corrected chi connectivity index (χ0v) is 15.2. The van der Waals surface area contributed by atoms with Gasteiger partial charge in [-0.15, -0.1) is 0 Å². The monoisotopic (exact) mass is 341 g/mol. The third-order valence-corrected chi connectivity index (χ3v) is 5.15. The fourth-order valence-electron chi connectivity index (χ4n) is 3.51. The van der Waals surface area contributed by atoms with Crippen LogP contribution >= 0.6 is 0 Å². The quantitative estimate of drug-likeness (QED) is 0.614. The van der Waals surface area contributed by atoms with Crippen LogP contribution in [0.4, 0.5) is 0 Å². The number of phenols is 1. The Morgan fingerprint density at radius 3 is 2.57 bits per heavy atom. The van der Waals surface area contributed by atoms with Gasteiger partial charge in [0.05, 0.1) is 6.54 Å². The molecular weight excluding hydrogens is 310 g/mol. The van der Waals surface area contributed by atoms with E-state index in [-0.39, 0.29) is 24.2 Å². The van der Waals surface area contributed by atoms with Crippen molar-refractivity contribution in [2.75, 3.05) is 6.54 Å². The molecule has 1 saturated carbocycles. The van der Waals surface area contributed by atoms with E-state index in [1.165, 1.54) is 44.9 Å². The SMILES string of the molecule is Cc1ccc(C(O)C(C)[NH2+]CCCC2CCCCC2)cc1O.[Cl-]. The lowest BCUT2D eigenvalue weighted by molar-refractivity contribution is -0.694. The van der Waals surface area contributed by atoms with Crippen molar-refractivity contribution in [2.45, 2.75) is 70.9 Å². The molecule has 23 heavy (non-hydrogen) atoms. The summed E-state index contributed by atoms with van der Waals surface area (Å²) in [6.07, 6.45) is 9.14. The molecular formula is C19H32ClNO2. The standard InChI is InChI=1S/C19H31NO2.ClH/c1-14-10-11-17(13-18(14)21)19(22)15(2)20-12-6-9-16-7-4-3-5-8-16;/h10-11,13,15-16,19-22H,3-9,12H2,1-2H3;1H. The van der Waals surface area contributed by atoms with Gasteiger partial charge in [-0.1, -0.05) is 44.2 Å². The molecule has 2 unspecified atom stereocenters. The normalized spacial score (nSPS) is 18.2. The number of quaternary nitrogens is 1. The highest BCUT2D eigenvalue weighted by Gasteiger charge is 2.20. The number of hydrogen-bond acceptors (Lipinski definition) is 2. The van der Waals surface area contributed by atoms with Gasteiger partial charge in [0.1, 0.15) is 17.9 Å². The van der Waals surface area contributed by atoms with Crippen LogP contribution in [0.1, 0.15) is 69.1 Å². The van der Waals surface area contributed by atoms with Crippen LogP contribution in [0.15, 0.2) is 18.2 Å². The van der Waals surface area contributed by atoms with Gasteiger partial charge in [0, 0.05) is 0 Å². The Morgan fingerprint density at radius 2 is 1.91 bits per heavy atom. The Morgan fingerprint density at radius 1 is 1.22 bits per heavy atom. The lowest BCUT2D eigenvalue weighted by Gasteiger charge is -2.22. The van der Waals surface area contributed by atoms with Crippen molar-refractivity contribution in [1.82, 2.24) is 0 Å². The Balaban J connectivity index is 0.00000264. The van der Waals surface area contributed by atoms with Gasteiger partial charge in [-0.25, -0.2) is 0 Å². The second-order valence-corrected chi connectivity index (χ2v) is 7.02. The van der Waals surface area contributed by atoms with Gasteiger partial charge in [-0.05, 0) is 49.8 Å². The molecule has 0 spiro atoms. The largest absolute Gasteiger partial charge is 1.00 e. The molecule has 0 heterocycles. The van der Waals surface area contributed by atoms with Crippen LogP contribution in [0.3, 0.4) is 0 Å². The Kier molecular flexibility index (Phi) is 8.96. The van der Waals surface area contributed by atoms with Crippen molar-refractivity contribution < 1.29 is 27.9 Å². The third-order valence-electron chi connectivity index (χ3n) is 5.15. The van der Waals surface area contributed by atoms with E-state index in [0.29, 0.717) is 0 Å². The summed E-state index contributed by atoms with van der Waals surface area (Å²) in [5.74, 6) is 1.21. The first-order valence-corrected chi connectivity index (χ1v) is 8.89. The molecule has 1 aromatic rings. The summed E-state index contributed by atoms with van der Waals surface area (Å²) >= 11 is 0. The lowest BCUT2D eigenvalue weighted by atomic mass is 9.86. The van der Waals surface area contributed by atoms with Crippen LogP contribution in [0.2, 0.25) is 0 Å². The van der Waals surface area contributed by atoms with Crippen molar-refractivity contribution >= 4 is 0 Å². The number of rotatable bonds is 7. The number of hydrogen-bond donors (Lipinski definition) is 3. The number of aryl methyl sites for hydroxylation is 1. The number of phenolic OH excluding ortho intramolecular Hbond substituents is 1. The zero-order chi connectivity index (χ0) is 15.9. The summed E-state index contributed by atoms with van der Waals surface area (Å²) in [6, 6.07) is 5.58. The van der Waals surface area contributed by atoms with E-state index in [9.17, 15) is 10.2 Å². The molecule has 0 amide bonds. The number of benzene rings is 1. The molecule has 0 radical (unpaired) electrons. The van der Waals surface area contributed by atoms with Crippen LogP contribution < -0.4 is 17.7 Å². The lowest BCUT2D eigenvalue weighted by Crippen LogP contribution is -3.00. The van der Waals surface area contributed by atoms with Gasteiger partial charge in [-0.2, -0.15) is 0 Å². The molecule has 4 heteroatoms. The van der Waals surface area contributed by atoms with E-state index in [2.05, 4.69) is 12.2 Å². The second kappa shape index (κ2) is 10.2. The second-order valence-electron chi connectivity index (χ2n) is 7.02. The molecule has 2 atom stereocenters. The maximum Gasteiger partial charge on any atom is 0.130 e. The van der Waals surface area contributed by atoms with E-state index >= 15 is 0 Å². The first kappa shape index (κ1) is 20.3. The minimum absolute atomic E-state index is 0. The summed E-state index contributed by atoms with van der Waals surface area (Å²) in [4.78, 5) is 0. The predicted molar refractivity (Wildman–Crippen MR) is 89.9 cm³/mol. The fraction of sp³-hybridized carbons (Fsp3) is 0.684. The molecule has 1 aromatic carbocycles. The number of halogens is 1. The predicted octanol–water partition coefficient (Wildman–Crippen LogP) is 0.0504. The van der Waals surface area contributed by atoms with Crippen LogP contribution in [0, 0.1) is 12.8 Å². The topological polar surface area (TPSA) is 57.1 Å². The first-order valence-electron chi connectivity index (χ1n) is 8.89. The Bertz CT molecular complexity index is 461. The van der Waals surface area contributed by atoms with E-state index in [4.69, 9.17) is 0 Å². The fourth-order valence-corrected chi connectivity index (χ4v) is 3.51. The number of aromatic hydroxyl groups is 1. The maximum atomic E-state index is 10.4. The zero-order valence-electron chi connectivity index (χ0n) is 14.5. The maximum absolute atomic E-state index is 10.4. The molecule has 1 aliphatic carbocycles. The average molecular weight is 342 g/mol. The minimum Gasteiger partial charge on any atom is -1.00 e. The summed E-state index contributed by atoms with van der Waals surface area (Å²) < 4.78 is 0. The number of nitrogens with two attached hydrogens (primary N) is 1. The highest BCUT2D eigenvalue weighted by atomic mass is 35.5. The average Bonchev–Trinajstić information content (AvgIpc) is 2.54. The van der Waals surface area contributed by atoms with E-state index in [1.54, 1.807) is 6.07 Å². The van der Waals surface area contributed by atoms with Gasteiger partial charge in [-0.3, -0.25) is 0 Å². The van der Waals surface area contributed by atoms with Crippen molar-refractivity contribution in [3.8, 4) is 5.75 Å². The van der Waals surface area contributed by atoms with Crippen molar-refractivity contribution in [3.63, 3.8) is 0 Å². The van der Waals surface area contributed by atoms with Gasteiger partial charge in [0.2, 0.25) is 0 Å². The molecule has 132 valence electrons. The molecule has 0 saturated heterocycles. The summed E-state index contributed by atoms with van der Waals surface area (Å²) in [6.45, 7) is 5.00. The van der Waals surface area contributed by atoms with E-state index in [0.717, 1.165) is 23.6 Å². The van der Waals surface area contributed by atoms with Crippen LogP contribution in [0.5, 0.6) is 5.75 Å². The van der Waals surface area contributed by atoms with Crippen LogP contribution in [-0.2, 0) is 0 Å². The summed E-state index contributed by atoms with van der Waals surface area (Å²) in [5, 5.41) is 22.4. The molecule has 0 aromatic heterocycles. The molecule has 4 N–H and O–H groups in total. The summed E-state index contributed by atoms with van der Waals surface area (Å²) in [7, 11) is 0. The molecule has 1 fully saturated rings. The molecule has 2 rings (SSSR count). The van der Waals surface area contributed by atoms with Gasteiger partial charge >= 0.3 is 0 Å². The molecule has 0 aliphatic heterocycles. The molecule has 3 nitrogen and oxygen atoms in total. The van der Waals surface area contributed by atoms with Crippen molar-refractivity contribution in [3.05, 3.63) is 29.3 Å². The van der Waals surface area contributed by atoms with Crippen molar-refractivity contribution in [1.29, 1.82) is 0 Å². The van der Waals surface area contributed by atoms with Gasteiger partial charge < -0.3 is 27.9 Å². The molecule has 1 aliphatic rings. The van der Waals surface area contributed by atoms with Gasteiger partial charge in [0.15, 0.2) is 0 Å². The highest BCUT2D eigenvalue weighted by Crippen LogP contribution is 2.27. The van der Waals surface area contributed by atoms with Gasteiger partial charge in [0.25, 0.3) is 0 Å². The van der Waals surface area contributed by atoms with E-state index < -0.39 is 6.10 Å². The Labute approximate surface area is 146 Å².